The Morgan fingerprint density at radius 1 is 1.55 bits per heavy atom. The summed E-state index contributed by atoms with van der Waals surface area (Å²) in [6, 6.07) is 4.54. The zero-order chi connectivity index (χ0) is 14.4. The van der Waals surface area contributed by atoms with Crippen LogP contribution in [0.2, 0.25) is 0 Å². The molecule has 1 atom stereocenters. The molecule has 5 heteroatoms. The van der Waals surface area contributed by atoms with E-state index in [1.165, 1.54) is 17.7 Å². The first-order valence-electron chi connectivity index (χ1n) is 7.23. The maximum atomic E-state index is 11.6. The molecule has 1 aliphatic heterocycles. The lowest BCUT2D eigenvalue weighted by atomic mass is 9.97. The highest BCUT2D eigenvalue weighted by Crippen LogP contribution is 2.28. The van der Waals surface area contributed by atoms with Crippen molar-refractivity contribution in [3.8, 4) is 0 Å². The lowest BCUT2D eigenvalue weighted by molar-refractivity contribution is -0.125. The molecule has 20 heavy (non-hydrogen) atoms. The van der Waals surface area contributed by atoms with E-state index in [9.17, 15) is 4.79 Å². The first kappa shape index (κ1) is 15.5. The highest BCUT2D eigenvalue weighted by Gasteiger charge is 2.25. The van der Waals surface area contributed by atoms with E-state index in [0.717, 1.165) is 19.0 Å². The van der Waals surface area contributed by atoms with Crippen LogP contribution in [-0.4, -0.2) is 44.2 Å². The van der Waals surface area contributed by atoms with Crippen molar-refractivity contribution in [2.75, 3.05) is 33.4 Å². The molecule has 2 rings (SSSR count). The zero-order valence-corrected chi connectivity index (χ0v) is 13.1. The maximum absolute atomic E-state index is 11.6. The van der Waals surface area contributed by atoms with Gasteiger partial charge in [-0.15, -0.1) is 11.3 Å². The number of hydrogen-bond donors (Lipinski definition) is 1. The largest absolute Gasteiger partial charge is 0.375 e. The molecular formula is C15H24N2O2S. The van der Waals surface area contributed by atoms with E-state index < -0.39 is 0 Å². The fraction of sp³-hybridized carbons (Fsp3) is 0.667. The molecule has 1 aliphatic rings. The first-order chi connectivity index (χ1) is 9.70. The Kier molecular flexibility index (Phi) is 6.01. The molecule has 1 unspecified atom stereocenters. The summed E-state index contributed by atoms with van der Waals surface area (Å²) in [6.45, 7) is 5.34. The average Bonchev–Trinajstić information content (AvgIpc) is 2.95. The van der Waals surface area contributed by atoms with E-state index in [0.29, 0.717) is 12.6 Å². The van der Waals surface area contributed by atoms with Crippen molar-refractivity contribution >= 4 is 17.2 Å². The second kappa shape index (κ2) is 7.76. The number of methoxy groups -OCH3 is 1. The Morgan fingerprint density at radius 3 is 2.90 bits per heavy atom. The van der Waals surface area contributed by atoms with E-state index in [4.69, 9.17) is 4.74 Å². The molecular weight excluding hydrogens is 272 g/mol. The highest BCUT2D eigenvalue weighted by atomic mass is 32.1. The van der Waals surface area contributed by atoms with Gasteiger partial charge in [0.15, 0.2) is 0 Å². The standard InChI is InChI=1S/C15H24N2O2S/c1-12-5-7-17(8-6-12)13(14-4-3-9-20-14)10-16-15(18)11-19-2/h3-4,9,12-13H,5-8,10-11H2,1-2H3,(H,16,18). The van der Waals surface area contributed by atoms with Crippen LogP contribution in [0.5, 0.6) is 0 Å². The molecule has 1 amide bonds. The third-order valence-electron chi connectivity index (χ3n) is 3.90. The van der Waals surface area contributed by atoms with E-state index in [1.807, 2.05) is 0 Å². The van der Waals surface area contributed by atoms with Crippen molar-refractivity contribution in [2.45, 2.75) is 25.8 Å². The molecule has 0 aliphatic carbocycles. The Balaban J connectivity index is 1.96. The normalized spacial score (nSPS) is 18.9. The number of ether oxygens (including phenoxy) is 1. The van der Waals surface area contributed by atoms with Crippen molar-refractivity contribution in [3.63, 3.8) is 0 Å². The molecule has 0 radical (unpaired) electrons. The second-order valence-electron chi connectivity index (χ2n) is 5.49. The van der Waals surface area contributed by atoms with E-state index in [2.05, 4.69) is 34.7 Å². The van der Waals surface area contributed by atoms with Gasteiger partial charge < -0.3 is 10.1 Å². The molecule has 1 saturated heterocycles. The quantitative estimate of drug-likeness (QED) is 0.875. The van der Waals surface area contributed by atoms with Crippen LogP contribution in [0.15, 0.2) is 17.5 Å². The Labute approximate surface area is 125 Å². The predicted octanol–water partition coefficient (Wildman–Crippen LogP) is 2.28. The van der Waals surface area contributed by atoms with Gasteiger partial charge in [-0.3, -0.25) is 9.69 Å². The molecule has 1 fully saturated rings. The number of likely N-dealkylation sites (tertiary alicyclic amines) is 1. The Bertz CT molecular complexity index is 400. The van der Waals surface area contributed by atoms with Gasteiger partial charge in [-0.2, -0.15) is 0 Å². The summed E-state index contributed by atoms with van der Waals surface area (Å²) in [4.78, 5) is 15.4. The third-order valence-corrected chi connectivity index (χ3v) is 4.87. The lowest BCUT2D eigenvalue weighted by Gasteiger charge is -2.36. The zero-order valence-electron chi connectivity index (χ0n) is 12.3. The van der Waals surface area contributed by atoms with Gasteiger partial charge in [0.25, 0.3) is 0 Å². The molecule has 0 saturated carbocycles. The number of thiophene rings is 1. The Morgan fingerprint density at radius 2 is 2.30 bits per heavy atom. The van der Waals surface area contributed by atoms with Gasteiger partial charge in [-0.1, -0.05) is 13.0 Å². The van der Waals surface area contributed by atoms with Gasteiger partial charge in [0.2, 0.25) is 5.91 Å². The van der Waals surface area contributed by atoms with Crippen LogP contribution in [0, 0.1) is 5.92 Å². The van der Waals surface area contributed by atoms with E-state index in [-0.39, 0.29) is 12.5 Å². The molecule has 1 aromatic heterocycles. The SMILES string of the molecule is COCC(=O)NCC(c1cccs1)N1CCC(C)CC1. The molecule has 4 nitrogen and oxygen atoms in total. The highest BCUT2D eigenvalue weighted by molar-refractivity contribution is 7.10. The number of piperidine rings is 1. The van der Waals surface area contributed by atoms with E-state index >= 15 is 0 Å². The molecule has 0 aromatic carbocycles. The summed E-state index contributed by atoms with van der Waals surface area (Å²) < 4.78 is 4.86. The van der Waals surface area contributed by atoms with Crippen LogP contribution >= 0.6 is 11.3 Å². The molecule has 1 aromatic rings. The number of nitrogens with zero attached hydrogens (tertiary/aromatic N) is 1. The maximum Gasteiger partial charge on any atom is 0.246 e. The number of rotatable bonds is 6. The number of nitrogens with one attached hydrogen (secondary N) is 1. The average molecular weight is 296 g/mol. The number of carbonyl (C=O) groups is 1. The van der Waals surface area contributed by atoms with Gasteiger partial charge in [0, 0.05) is 18.5 Å². The minimum atomic E-state index is -0.0422. The molecule has 1 N–H and O–H groups in total. The van der Waals surface area contributed by atoms with Gasteiger partial charge in [0.1, 0.15) is 6.61 Å². The van der Waals surface area contributed by atoms with Crippen LogP contribution in [0.1, 0.15) is 30.7 Å². The van der Waals surface area contributed by atoms with Crippen molar-refractivity contribution < 1.29 is 9.53 Å². The predicted molar refractivity (Wildman–Crippen MR) is 81.9 cm³/mol. The fourth-order valence-electron chi connectivity index (χ4n) is 2.62. The molecule has 2 heterocycles. The third kappa shape index (κ3) is 4.30. The number of carbonyl (C=O) groups excluding carboxylic acids is 1. The number of hydrogen-bond acceptors (Lipinski definition) is 4. The summed E-state index contributed by atoms with van der Waals surface area (Å²) in [6.07, 6.45) is 2.49. The molecule has 0 spiro atoms. The monoisotopic (exact) mass is 296 g/mol. The molecule has 112 valence electrons. The van der Waals surface area contributed by atoms with Gasteiger partial charge in [-0.25, -0.2) is 0 Å². The summed E-state index contributed by atoms with van der Waals surface area (Å²) in [5.74, 6) is 0.776. The summed E-state index contributed by atoms with van der Waals surface area (Å²) >= 11 is 1.77. The van der Waals surface area contributed by atoms with Crippen molar-refractivity contribution in [3.05, 3.63) is 22.4 Å². The van der Waals surface area contributed by atoms with Crippen LogP contribution in [0.4, 0.5) is 0 Å². The summed E-state index contributed by atoms with van der Waals surface area (Å²) in [5, 5.41) is 5.08. The van der Waals surface area contributed by atoms with E-state index in [1.54, 1.807) is 18.4 Å². The summed E-state index contributed by atoms with van der Waals surface area (Å²) in [5.41, 5.74) is 0. The molecule has 0 bridgehead atoms. The van der Waals surface area contributed by atoms with Crippen molar-refractivity contribution in [1.82, 2.24) is 10.2 Å². The topological polar surface area (TPSA) is 41.6 Å². The van der Waals surface area contributed by atoms with Crippen LogP contribution < -0.4 is 5.32 Å². The fourth-order valence-corrected chi connectivity index (χ4v) is 3.48. The van der Waals surface area contributed by atoms with Crippen LogP contribution in [0.3, 0.4) is 0 Å². The van der Waals surface area contributed by atoms with Crippen LogP contribution in [0.25, 0.3) is 0 Å². The van der Waals surface area contributed by atoms with Gasteiger partial charge >= 0.3 is 0 Å². The van der Waals surface area contributed by atoms with Crippen LogP contribution in [-0.2, 0) is 9.53 Å². The minimum Gasteiger partial charge on any atom is -0.375 e. The van der Waals surface area contributed by atoms with Crippen molar-refractivity contribution in [1.29, 1.82) is 0 Å². The lowest BCUT2D eigenvalue weighted by Crippen LogP contribution is -2.42. The van der Waals surface area contributed by atoms with Gasteiger partial charge in [0.05, 0.1) is 6.04 Å². The van der Waals surface area contributed by atoms with Crippen molar-refractivity contribution in [2.24, 2.45) is 5.92 Å². The smallest absolute Gasteiger partial charge is 0.246 e. The first-order valence-corrected chi connectivity index (χ1v) is 8.11. The minimum absolute atomic E-state index is 0.0422. The number of amides is 1. The Hall–Kier alpha value is -0.910. The summed E-state index contributed by atoms with van der Waals surface area (Å²) in [7, 11) is 1.54. The van der Waals surface area contributed by atoms with Gasteiger partial charge in [-0.05, 0) is 43.3 Å². The second-order valence-corrected chi connectivity index (χ2v) is 6.47.